The molecule has 8 nitrogen and oxygen atoms in total. The van der Waals surface area contributed by atoms with Gasteiger partial charge in [-0.25, -0.2) is 15.0 Å². The average Bonchev–Trinajstić information content (AvgIpc) is 2.83. The fraction of sp³-hybridized carbons (Fsp3) is 0.0435. The van der Waals surface area contributed by atoms with E-state index in [-0.39, 0.29) is 11.5 Å². The second-order valence-corrected chi connectivity index (χ2v) is 7.19. The summed E-state index contributed by atoms with van der Waals surface area (Å²) < 4.78 is 0. The molecule has 0 saturated carbocycles. The maximum absolute atomic E-state index is 12.5. The Morgan fingerprint density at radius 1 is 0.938 bits per heavy atom. The lowest BCUT2D eigenvalue weighted by molar-refractivity contribution is 0.0962. The van der Waals surface area contributed by atoms with Gasteiger partial charge in [-0.1, -0.05) is 60.1 Å². The second kappa shape index (κ2) is 9.76. The number of aromatic nitrogens is 3. The molecule has 0 unspecified atom stereocenters. The Kier molecular flexibility index (Phi) is 6.43. The summed E-state index contributed by atoms with van der Waals surface area (Å²) in [6, 6.07) is 22.2. The highest BCUT2D eigenvalue weighted by Gasteiger charge is 2.19. The van der Waals surface area contributed by atoms with E-state index in [0.29, 0.717) is 28.8 Å². The minimum atomic E-state index is -0.416. The number of amides is 1. The molecule has 0 radical (unpaired) electrons. The van der Waals surface area contributed by atoms with Crippen LogP contribution in [0.2, 0.25) is 5.02 Å². The number of carbonyl (C=O) groups is 1. The molecule has 1 amide bonds. The van der Waals surface area contributed by atoms with Gasteiger partial charge in [-0.05, 0) is 29.8 Å². The van der Waals surface area contributed by atoms with E-state index in [2.05, 4.69) is 25.8 Å². The summed E-state index contributed by atoms with van der Waals surface area (Å²) in [6.45, 7) is 0.491. The lowest BCUT2D eigenvalue weighted by atomic mass is 10.2. The van der Waals surface area contributed by atoms with Gasteiger partial charge < -0.3 is 10.6 Å². The maximum atomic E-state index is 12.5. The van der Waals surface area contributed by atoms with Crippen LogP contribution in [0.5, 0.6) is 0 Å². The van der Waals surface area contributed by atoms with E-state index in [1.165, 1.54) is 6.33 Å². The zero-order valence-electron chi connectivity index (χ0n) is 16.9. The first-order valence-electron chi connectivity index (χ1n) is 9.77. The van der Waals surface area contributed by atoms with Gasteiger partial charge in [-0.3, -0.25) is 15.6 Å². The maximum Gasteiger partial charge on any atom is 0.271 e. The van der Waals surface area contributed by atoms with Gasteiger partial charge in [-0.2, -0.15) is 0 Å². The van der Waals surface area contributed by atoms with Crippen LogP contribution in [0, 0.1) is 0 Å². The van der Waals surface area contributed by atoms with Gasteiger partial charge in [0, 0.05) is 6.20 Å². The molecule has 0 saturated heterocycles. The van der Waals surface area contributed by atoms with Crippen LogP contribution in [0.25, 0.3) is 0 Å². The van der Waals surface area contributed by atoms with Crippen molar-refractivity contribution < 1.29 is 4.79 Å². The number of carbonyl (C=O) groups excluding carboxylic acids is 1. The van der Waals surface area contributed by atoms with Gasteiger partial charge in [0.15, 0.2) is 11.6 Å². The van der Waals surface area contributed by atoms with Crippen LogP contribution in [-0.2, 0) is 6.54 Å². The number of rotatable bonds is 7. The number of anilines is 4. The fourth-order valence-corrected chi connectivity index (χ4v) is 3.29. The molecule has 9 heteroatoms. The number of hydrogen-bond donors (Lipinski definition) is 3. The molecule has 0 aliphatic heterocycles. The van der Waals surface area contributed by atoms with Crippen LogP contribution in [-0.4, -0.2) is 20.9 Å². The molecule has 160 valence electrons. The third-order valence-corrected chi connectivity index (χ3v) is 4.97. The second-order valence-electron chi connectivity index (χ2n) is 6.78. The Hall–Kier alpha value is -4.17. The summed E-state index contributed by atoms with van der Waals surface area (Å²) in [5.74, 6) is 0.968. The fourth-order valence-electron chi connectivity index (χ4n) is 3.07. The molecule has 0 aliphatic rings. The van der Waals surface area contributed by atoms with Crippen LogP contribution < -0.4 is 21.5 Å². The van der Waals surface area contributed by atoms with Crippen molar-refractivity contribution in [3.8, 4) is 0 Å². The minimum absolute atomic E-state index is 0.254. The first-order chi connectivity index (χ1) is 15.6. The number of halogens is 1. The Morgan fingerprint density at radius 2 is 1.69 bits per heavy atom. The molecule has 0 bridgehead atoms. The van der Waals surface area contributed by atoms with Crippen LogP contribution in [0.4, 0.5) is 23.1 Å². The van der Waals surface area contributed by atoms with E-state index < -0.39 is 5.91 Å². The SMILES string of the molecule is Nc1c(NNC(=O)c2ccccc2Cl)ncnc1N(Cc1ccccc1)c1ccccn1. The van der Waals surface area contributed by atoms with Gasteiger partial charge in [0.05, 0.1) is 17.1 Å². The average molecular weight is 446 g/mol. The molecule has 2 aromatic carbocycles. The van der Waals surface area contributed by atoms with E-state index in [1.807, 2.05) is 53.4 Å². The predicted molar refractivity (Wildman–Crippen MR) is 126 cm³/mol. The molecule has 0 aliphatic carbocycles. The highest BCUT2D eigenvalue weighted by molar-refractivity contribution is 6.33. The molecular formula is C23H20ClN7O. The lowest BCUT2D eigenvalue weighted by Crippen LogP contribution is -2.31. The smallest absolute Gasteiger partial charge is 0.271 e. The highest BCUT2D eigenvalue weighted by atomic mass is 35.5. The largest absolute Gasteiger partial charge is 0.393 e. The van der Waals surface area contributed by atoms with Crippen LogP contribution in [0.3, 0.4) is 0 Å². The number of nitrogens with one attached hydrogen (secondary N) is 2. The summed E-state index contributed by atoms with van der Waals surface area (Å²) in [6.07, 6.45) is 3.07. The number of hydrogen-bond acceptors (Lipinski definition) is 7. The predicted octanol–water partition coefficient (Wildman–Crippen LogP) is 4.20. The minimum Gasteiger partial charge on any atom is -0.393 e. The van der Waals surface area contributed by atoms with Crippen molar-refractivity contribution in [3.05, 3.63) is 101 Å². The number of nitrogens with zero attached hydrogens (tertiary/aromatic N) is 4. The molecule has 0 fully saturated rings. The summed E-state index contributed by atoms with van der Waals surface area (Å²) >= 11 is 6.09. The summed E-state index contributed by atoms with van der Waals surface area (Å²) in [4.78, 5) is 27.4. The normalized spacial score (nSPS) is 10.4. The topological polar surface area (TPSA) is 109 Å². The van der Waals surface area contributed by atoms with Crippen LogP contribution >= 0.6 is 11.6 Å². The van der Waals surface area contributed by atoms with Crippen molar-refractivity contribution in [3.63, 3.8) is 0 Å². The number of pyridine rings is 1. The van der Waals surface area contributed by atoms with E-state index in [9.17, 15) is 4.79 Å². The Morgan fingerprint density at radius 3 is 2.44 bits per heavy atom. The highest BCUT2D eigenvalue weighted by Crippen LogP contribution is 2.32. The van der Waals surface area contributed by atoms with E-state index in [4.69, 9.17) is 17.3 Å². The number of hydrazine groups is 1. The summed E-state index contributed by atoms with van der Waals surface area (Å²) in [7, 11) is 0. The zero-order valence-corrected chi connectivity index (χ0v) is 17.7. The van der Waals surface area contributed by atoms with Crippen molar-refractivity contribution in [1.29, 1.82) is 0 Å². The number of benzene rings is 2. The van der Waals surface area contributed by atoms with Gasteiger partial charge in [0.2, 0.25) is 0 Å². The van der Waals surface area contributed by atoms with E-state index in [1.54, 1.807) is 30.5 Å². The van der Waals surface area contributed by atoms with E-state index >= 15 is 0 Å². The molecule has 4 rings (SSSR count). The summed E-state index contributed by atoms with van der Waals surface area (Å²) in [5.41, 5.74) is 13.4. The first-order valence-corrected chi connectivity index (χ1v) is 10.1. The van der Waals surface area contributed by atoms with E-state index in [0.717, 1.165) is 5.56 Å². The molecule has 0 spiro atoms. The quantitative estimate of drug-likeness (QED) is 0.366. The Balaban J connectivity index is 1.61. The van der Waals surface area contributed by atoms with Crippen molar-refractivity contribution >= 4 is 40.6 Å². The molecule has 2 aromatic heterocycles. The molecule has 4 N–H and O–H groups in total. The molecular weight excluding hydrogens is 426 g/mol. The number of nitrogen functional groups attached to an aromatic ring is 1. The van der Waals surface area contributed by atoms with Crippen molar-refractivity contribution in [2.24, 2.45) is 0 Å². The van der Waals surface area contributed by atoms with Gasteiger partial charge >= 0.3 is 0 Å². The molecule has 2 heterocycles. The van der Waals surface area contributed by atoms with Crippen LogP contribution in [0.15, 0.2) is 85.3 Å². The Bertz CT molecular complexity index is 1210. The van der Waals surface area contributed by atoms with Crippen molar-refractivity contribution in [1.82, 2.24) is 20.4 Å². The van der Waals surface area contributed by atoms with Gasteiger partial charge in [0.1, 0.15) is 17.8 Å². The molecule has 4 aromatic rings. The van der Waals surface area contributed by atoms with Crippen molar-refractivity contribution in [2.45, 2.75) is 6.54 Å². The third kappa shape index (κ3) is 4.76. The number of nitrogens with two attached hydrogens (primary N) is 1. The Labute approximate surface area is 190 Å². The standard InChI is InChI=1S/C23H20ClN7O/c24-18-11-5-4-10-17(18)23(32)30-29-21-20(25)22(28-15-27-21)31(19-12-6-7-13-26-19)14-16-8-2-1-3-9-16/h1-13,15H,14,25H2,(H,30,32)(H,27,28,29). The summed E-state index contributed by atoms with van der Waals surface area (Å²) in [5, 5.41) is 0.340. The monoisotopic (exact) mass is 445 g/mol. The third-order valence-electron chi connectivity index (χ3n) is 4.64. The molecule has 32 heavy (non-hydrogen) atoms. The van der Waals surface area contributed by atoms with Gasteiger partial charge in [0.25, 0.3) is 5.91 Å². The van der Waals surface area contributed by atoms with Crippen molar-refractivity contribution in [2.75, 3.05) is 16.1 Å². The first kappa shape index (κ1) is 21.1. The zero-order chi connectivity index (χ0) is 22.3. The van der Waals surface area contributed by atoms with Gasteiger partial charge in [-0.15, -0.1) is 0 Å². The van der Waals surface area contributed by atoms with Crippen LogP contribution in [0.1, 0.15) is 15.9 Å². The molecule has 0 atom stereocenters. The lowest BCUT2D eigenvalue weighted by Gasteiger charge is -2.25.